The molecule has 0 aliphatic rings. The van der Waals surface area contributed by atoms with E-state index in [1.807, 2.05) is 55.5 Å². The van der Waals surface area contributed by atoms with Gasteiger partial charge in [0.25, 0.3) is 0 Å². The van der Waals surface area contributed by atoms with Gasteiger partial charge in [-0.1, -0.05) is 30.3 Å². The highest BCUT2D eigenvalue weighted by Gasteiger charge is 2.04. The fourth-order valence-electron chi connectivity index (χ4n) is 2.14. The summed E-state index contributed by atoms with van der Waals surface area (Å²) in [5, 5.41) is 2.72. The van der Waals surface area contributed by atoms with Crippen LogP contribution in [-0.2, 0) is 4.79 Å². The van der Waals surface area contributed by atoms with Crippen molar-refractivity contribution in [3.63, 3.8) is 0 Å². The third-order valence-corrected chi connectivity index (χ3v) is 4.19. The molecule has 2 aromatic heterocycles. The van der Waals surface area contributed by atoms with Crippen molar-refractivity contribution in [2.75, 3.05) is 5.32 Å². The predicted octanol–water partition coefficient (Wildman–Crippen LogP) is 5.06. The van der Waals surface area contributed by atoms with Crippen LogP contribution in [0.25, 0.3) is 17.4 Å². The van der Waals surface area contributed by atoms with Crippen LogP contribution < -0.4 is 5.32 Å². The van der Waals surface area contributed by atoms with Crippen molar-refractivity contribution >= 4 is 33.7 Å². The van der Waals surface area contributed by atoms with Crippen LogP contribution in [-0.4, -0.2) is 10.9 Å². The van der Waals surface area contributed by atoms with Gasteiger partial charge in [0.15, 0.2) is 0 Å². The molecule has 5 heteroatoms. The van der Waals surface area contributed by atoms with E-state index in [9.17, 15) is 4.79 Å². The van der Waals surface area contributed by atoms with Crippen LogP contribution in [0.1, 0.15) is 11.5 Å². The minimum Gasteiger partial charge on any atom is -0.457 e. The molecule has 0 aliphatic heterocycles. The van der Waals surface area contributed by atoms with Gasteiger partial charge in [0.1, 0.15) is 17.3 Å². The van der Waals surface area contributed by atoms with Gasteiger partial charge in [-0.3, -0.25) is 4.79 Å². The van der Waals surface area contributed by atoms with Crippen LogP contribution in [0.15, 0.2) is 69.6 Å². The quantitative estimate of drug-likeness (QED) is 0.641. The highest BCUT2D eigenvalue weighted by molar-refractivity contribution is 9.10. The molecule has 1 N–H and O–H groups in total. The van der Waals surface area contributed by atoms with Crippen LogP contribution in [0.3, 0.4) is 0 Å². The average molecular weight is 383 g/mol. The van der Waals surface area contributed by atoms with E-state index in [-0.39, 0.29) is 5.91 Å². The molecular weight excluding hydrogens is 368 g/mol. The zero-order chi connectivity index (χ0) is 16.9. The molecule has 120 valence electrons. The van der Waals surface area contributed by atoms with E-state index in [1.54, 1.807) is 12.1 Å². The Kier molecular flexibility index (Phi) is 4.91. The first-order valence-electron chi connectivity index (χ1n) is 7.39. The minimum atomic E-state index is -0.262. The lowest BCUT2D eigenvalue weighted by Crippen LogP contribution is -2.09. The van der Waals surface area contributed by atoms with Crippen molar-refractivity contribution in [2.24, 2.45) is 0 Å². The Balaban J connectivity index is 1.66. The van der Waals surface area contributed by atoms with E-state index < -0.39 is 0 Å². The van der Waals surface area contributed by atoms with E-state index in [0.29, 0.717) is 11.6 Å². The number of furan rings is 1. The molecule has 0 atom stereocenters. The molecule has 2 heterocycles. The van der Waals surface area contributed by atoms with Crippen molar-refractivity contribution in [3.05, 3.63) is 76.6 Å². The number of hydrogen-bond donors (Lipinski definition) is 1. The zero-order valence-electron chi connectivity index (χ0n) is 13.0. The van der Waals surface area contributed by atoms with Crippen LogP contribution >= 0.6 is 15.9 Å². The zero-order valence-corrected chi connectivity index (χ0v) is 14.6. The van der Waals surface area contributed by atoms with Crippen molar-refractivity contribution in [1.29, 1.82) is 0 Å². The normalized spacial score (nSPS) is 10.9. The Hall–Kier alpha value is -2.66. The number of pyridine rings is 1. The van der Waals surface area contributed by atoms with Gasteiger partial charge in [0, 0.05) is 16.1 Å². The Morgan fingerprint density at radius 2 is 1.92 bits per heavy atom. The molecule has 0 spiro atoms. The van der Waals surface area contributed by atoms with Crippen LogP contribution in [0.4, 0.5) is 5.82 Å². The molecule has 0 fully saturated rings. The van der Waals surface area contributed by atoms with Crippen LogP contribution in [0, 0.1) is 6.92 Å². The van der Waals surface area contributed by atoms with Gasteiger partial charge in [-0.05, 0) is 53.2 Å². The number of benzene rings is 1. The predicted molar refractivity (Wildman–Crippen MR) is 98.5 cm³/mol. The summed E-state index contributed by atoms with van der Waals surface area (Å²) in [6.45, 7) is 1.86. The van der Waals surface area contributed by atoms with Crippen molar-refractivity contribution in [1.82, 2.24) is 4.98 Å². The number of carbonyl (C=O) groups excluding carboxylic acids is 1. The van der Waals surface area contributed by atoms with Gasteiger partial charge in [0.2, 0.25) is 5.91 Å². The van der Waals surface area contributed by atoms with Crippen molar-refractivity contribution in [2.45, 2.75) is 6.92 Å². The summed E-state index contributed by atoms with van der Waals surface area (Å²) < 4.78 is 6.62. The van der Waals surface area contributed by atoms with Gasteiger partial charge >= 0.3 is 0 Å². The number of halogens is 1. The fourth-order valence-corrected chi connectivity index (χ4v) is 2.36. The van der Waals surface area contributed by atoms with E-state index in [2.05, 4.69) is 26.2 Å². The van der Waals surface area contributed by atoms with E-state index >= 15 is 0 Å². The molecule has 24 heavy (non-hydrogen) atoms. The Morgan fingerprint density at radius 3 is 2.67 bits per heavy atom. The van der Waals surface area contributed by atoms with Crippen molar-refractivity contribution in [3.8, 4) is 11.3 Å². The SMILES string of the molecule is Cc1nc(NC(=O)/C=C/c2ccc(-c3ccccc3)o2)ccc1Br. The first-order valence-corrected chi connectivity index (χ1v) is 8.18. The summed E-state index contributed by atoms with van der Waals surface area (Å²) >= 11 is 3.38. The number of anilines is 1. The van der Waals surface area contributed by atoms with E-state index in [0.717, 1.165) is 21.5 Å². The topological polar surface area (TPSA) is 55.1 Å². The summed E-state index contributed by atoms with van der Waals surface area (Å²) in [4.78, 5) is 16.2. The highest BCUT2D eigenvalue weighted by Crippen LogP contribution is 2.22. The van der Waals surface area contributed by atoms with Crippen molar-refractivity contribution < 1.29 is 9.21 Å². The fraction of sp³-hybridized carbons (Fsp3) is 0.0526. The Morgan fingerprint density at radius 1 is 1.12 bits per heavy atom. The summed E-state index contributed by atoms with van der Waals surface area (Å²) in [5.74, 6) is 1.63. The lowest BCUT2D eigenvalue weighted by atomic mass is 10.2. The molecule has 0 saturated heterocycles. The third-order valence-electron chi connectivity index (χ3n) is 3.36. The first-order chi connectivity index (χ1) is 11.6. The maximum atomic E-state index is 12.0. The second kappa shape index (κ2) is 7.27. The number of nitrogens with one attached hydrogen (secondary N) is 1. The highest BCUT2D eigenvalue weighted by atomic mass is 79.9. The Bertz CT molecular complexity index is 885. The Labute approximate surface area is 148 Å². The summed E-state index contributed by atoms with van der Waals surface area (Å²) in [5.41, 5.74) is 1.81. The minimum absolute atomic E-state index is 0.262. The number of hydrogen-bond acceptors (Lipinski definition) is 3. The molecule has 0 unspecified atom stereocenters. The van der Waals surface area contributed by atoms with Gasteiger partial charge in [0.05, 0.1) is 5.69 Å². The molecule has 0 saturated carbocycles. The summed E-state index contributed by atoms with van der Waals surface area (Å²) in [6.07, 6.45) is 3.06. The smallest absolute Gasteiger partial charge is 0.249 e. The number of nitrogens with zero attached hydrogens (tertiary/aromatic N) is 1. The van der Waals surface area contributed by atoms with Crippen LogP contribution in [0.5, 0.6) is 0 Å². The molecule has 0 radical (unpaired) electrons. The lowest BCUT2D eigenvalue weighted by Gasteiger charge is -2.03. The number of aryl methyl sites for hydroxylation is 1. The molecular formula is C19H15BrN2O2. The number of amides is 1. The molecule has 3 aromatic rings. The number of aromatic nitrogens is 1. The first kappa shape index (κ1) is 16.2. The maximum absolute atomic E-state index is 12.0. The van der Waals surface area contributed by atoms with Gasteiger partial charge < -0.3 is 9.73 Å². The standard InChI is InChI=1S/C19H15BrN2O2/c1-13-16(20)9-11-18(21-13)22-19(23)12-8-15-7-10-17(24-15)14-5-3-2-4-6-14/h2-12H,1H3,(H,21,22,23)/b12-8+. The maximum Gasteiger partial charge on any atom is 0.249 e. The second-order valence-corrected chi connectivity index (χ2v) is 6.01. The molecule has 3 rings (SSSR count). The number of rotatable bonds is 4. The second-order valence-electron chi connectivity index (χ2n) is 5.15. The molecule has 1 aromatic carbocycles. The van der Waals surface area contributed by atoms with Crippen LogP contribution in [0.2, 0.25) is 0 Å². The van der Waals surface area contributed by atoms with Gasteiger partial charge in [-0.15, -0.1) is 0 Å². The summed E-state index contributed by atoms with van der Waals surface area (Å²) in [7, 11) is 0. The monoisotopic (exact) mass is 382 g/mol. The third kappa shape index (κ3) is 4.00. The molecule has 1 amide bonds. The summed E-state index contributed by atoms with van der Waals surface area (Å²) in [6, 6.07) is 17.1. The number of carbonyl (C=O) groups is 1. The van der Waals surface area contributed by atoms with Gasteiger partial charge in [-0.25, -0.2) is 4.98 Å². The molecule has 4 nitrogen and oxygen atoms in total. The van der Waals surface area contributed by atoms with E-state index in [1.165, 1.54) is 6.08 Å². The molecule has 0 aliphatic carbocycles. The largest absolute Gasteiger partial charge is 0.457 e. The molecule has 0 bridgehead atoms. The van der Waals surface area contributed by atoms with E-state index in [4.69, 9.17) is 4.42 Å². The van der Waals surface area contributed by atoms with Gasteiger partial charge in [-0.2, -0.15) is 0 Å². The lowest BCUT2D eigenvalue weighted by molar-refractivity contribution is -0.111. The average Bonchev–Trinajstić information content (AvgIpc) is 3.06.